The average molecular weight is 777 g/mol. The van der Waals surface area contributed by atoms with E-state index in [0.717, 1.165) is 56.9 Å². The van der Waals surface area contributed by atoms with Gasteiger partial charge in [-0.1, -0.05) is 63.5 Å². The number of aliphatic hydroxyl groups is 2. The van der Waals surface area contributed by atoms with Crippen molar-refractivity contribution < 1.29 is 42.4 Å². The second kappa shape index (κ2) is 13.9. The van der Waals surface area contributed by atoms with E-state index >= 15 is 0 Å². The van der Waals surface area contributed by atoms with Crippen LogP contribution >= 0.6 is 0 Å². The van der Waals surface area contributed by atoms with Gasteiger partial charge in [-0.25, -0.2) is 4.79 Å². The monoisotopic (exact) mass is 776 g/mol. The fraction of sp³-hybridized carbons (Fsp3) is 0.600. The van der Waals surface area contributed by atoms with Crippen LogP contribution in [0.25, 0.3) is 0 Å². The lowest BCUT2D eigenvalue weighted by molar-refractivity contribution is -0.274. The number of nitrogens with one attached hydrogen (secondary N) is 1. The molecule has 0 aliphatic heterocycles. The Kier molecular flexibility index (Phi) is 9.70. The van der Waals surface area contributed by atoms with E-state index in [2.05, 4.69) is 42.1 Å². The van der Waals surface area contributed by atoms with Gasteiger partial charge >= 0.3 is 12.4 Å². The van der Waals surface area contributed by atoms with Gasteiger partial charge in [-0.15, -0.1) is 13.2 Å². The Labute approximate surface area is 327 Å². The number of halogens is 3. The minimum atomic E-state index is -4.83. The summed E-state index contributed by atoms with van der Waals surface area (Å²) in [7, 11) is 1.56. The maximum absolute atomic E-state index is 14.9. The third kappa shape index (κ3) is 6.26. The van der Waals surface area contributed by atoms with Crippen LogP contribution < -0.4 is 14.8 Å². The van der Waals surface area contributed by atoms with Crippen molar-refractivity contribution in [2.45, 2.75) is 116 Å². The number of benzene rings is 2. The number of amides is 2. The Morgan fingerprint density at radius 1 is 0.857 bits per heavy atom. The number of hydrogen-bond donors (Lipinski definition) is 3. The quantitative estimate of drug-likeness (QED) is 0.219. The zero-order chi connectivity index (χ0) is 39.7. The zero-order valence-corrected chi connectivity index (χ0v) is 32.7. The summed E-state index contributed by atoms with van der Waals surface area (Å²) in [6.45, 7) is 4.54. The summed E-state index contributed by atoms with van der Waals surface area (Å²) in [5.74, 6) is 0.598. The molecule has 1 unspecified atom stereocenters. The highest BCUT2D eigenvalue weighted by Gasteiger charge is 2.74. The number of urea groups is 1. The molecule has 302 valence electrons. The van der Waals surface area contributed by atoms with Crippen LogP contribution in [0.1, 0.15) is 96.5 Å². The van der Waals surface area contributed by atoms with E-state index in [9.17, 15) is 33.0 Å². The van der Waals surface area contributed by atoms with Crippen molar-refractivity contribution in [1.29, 1.82) is 0 Å². The Morgan fingerprint density at radius 2 is 1.50 bits per heavy atom. The first kappa shape index (κ1) is 39.0. The van der Waals surface area contributed by atoms with Gasteiger partial charge in [-0.05, 0) is 117 Å². The molecule has 0 heterocycles. The lowest BCUT2D eigenvalue weighted by Gasteiger charge is -2.71. The fourth-order valence-corrected chi connectivity index (χ4v) is 12.6. The number of alkyl halides is 3. The SMILES string of the molecule is COc1ccc(NC(=O)N(Cc2ccc(OC(F)(F)F)cc2)C[C@]2(O)CC[C@H]3[C@]45C=C[C@@]6(C=C4C(=O)C4CCCCC4)CC(O)CC[C@]6(C)[C@H]5CC[C@@]32C)cc1. The molecule has 2 aromatic rings. The van der Waals surface area contributed by atoms with Crippen LogP contribution in [0.5, 0.6) is 11.5 Å². The molecule has 2 aromatic carbocycles. The molecule has 56 heavy (non-hydrogen) atoms. The van der Waals surface area contributed by atoms with E-state index in [1.54, 1.807) is 36.3 Å². The van der Waals surface area contributed by atoms with Gasteiger partial charge < -0.3 is 29.9 Å². The van der Waals surface area contributed by atoms with Crippen LogP contribution in [0.2, 0.25) is 0 Å². The summed E-state index contributed by atoms with van der Waals surface area (Å²) in [6.07, 6.45) is 11.5. The number of anilines is 1. The summed E-state index contributed by atoms with van der Waals surface area (Å²) in [4.78, 5) is 30.7. The van der Waals surface area contributed by atoms with Crippen molar-refractivity contribution in [2.24, 2.45) is 39.4 Å². The number of nitrogens with zero attached hydrogens (tertiary/aromatic N) is 1. The first-order chi connectivity index (χ1) is 26.5. The standard InChI is InChI=1S/C45H55F3N2O6/c1-40-20-17-32(51)25-42(40)23-24-44(35(26-42)38(52)30-7-5-4-6-8-30)36(40)18-21-41(2)37(44)19-22-43(41,54)28-50(39(53)49-31-11-15-33(55-3)16-12-31)27-29-9-13-34(14-10-29)56-45(46,47)48/h9-16,23-24,26,30,32,36-37,51,54H,4-8,17-22,25,27-28H2,1-3H3,(H,49,53)/t32?,36-,37-,40-,41+,42+,43-,44-/m1/s1. The van der Waals surface area contributed by atoms with Gasteiger partial charge in [0.1, 0.15) is 11.5 Å². The minimum absolute atomic E-state index is 0.0176. The third-order valence-corrected chi connectivity index (χ3v) is 15.6. The summed E-state index contributed by atoms with van der Waals surface area (Å²) >= 11 is 0. The number of Topliss-reactive ketones (excluding diaryl/α,β-unsaturated/α-hetero) is 1. The molecule has 0 aromatic heterocycles. The second-order valence-electron chi connectivity index (χ2n) is 18.2. The van der Waals surface area contributed by atoms with Gasteiger partial charge in [-0.3, -0.25) is 4.79 Å². The molecule has 7 aliphatic carbocycles. The molecule has 8 atom stereocenters. The smallest absolute Gasteiger partial charge is 0.497 e. The molecule has 2 amide bonds. The molecule has 0 radical (unpaired) electrons. The number of fused-ring (bicyclic) bond motifs is 1. The number of methoxy groups -OCH3 is 1. The van der Waals surface area contributed by atoms with Gasteiger partial charge in [0.15, 0.2) is 5.78 Å². The molecule has 3 N–H and O–H groups in total. The van der Waals surface area contributed by atoms with E-state index in [0.29, 0.717) is 42.7 Å². The maximum atomic E-state index is 14.9. The van der Waals surface area contributed by atoms with Crippen LogP contribution in [0, 0.1) is 39.4 Å². The highest BCUT2D eigenvalue weighted by Crippen LogP contribution is 2.78. The van der Waals surface area contributed by atoms with Crippen molar-refractivity contribution in [2.75, 3.05) is 19.0 Å². The van der Waals surface area contributed by atoms with Gasteiger partial charge in [0.05, 0.1) is 25.4 Å². The van der Waals surface area contributed by atoms with E-state index in [1.807, 2.05) is 0 Å². The van der Waals surface area contributed by atoms with Crippen molar-refractivity contribution in [1.82, 2.24) is 4.90 Å². The lowest BCUT2D eigenvalue weighted by Crippen LogP contribution is -2.67. The van der Waals surface area contributed by atoms with E-state index in [4.69, 9.17) is 4.74 Å². The molecular weight excluding hydrogens is 721 g/mol. The second-order valence-corrected chi connectivity index (χ2v) is 18.2. The van der Waals surface area contributed by atoms with Gasteiger partial charge in [0.25, 0.3) is 0 Å². The fourth-order valence-electron chi connectivity index (χ4n) is 12.6. The Balaban J connectivity index is 1.14. The van der Waals surface area contributed by atoms with Crippen LogP contribution in [-0.4, -0.2) is 58.6 Å². The molecule has 7 aliphatic rings. The highest BCUT2D eigenvalue weighted by atomic mass is 19.4. The first-order valence-electron chi connectivity index (χ1n) is 20.5. The molecule has 0 saturated heterocycles. The molecule has 2 spiro atoms. The van der Waals surface area contributed by atoms with Gasteiger partial charge in [0, 0.05) is 40.0 Å². The molecule has 8 nitrogen and oxygen atoms in total. The molecule has 4 saturated carbocycles. The average Bonchev–Trinajstić information content (AvgIpc) is 3.44. The molecule has 4 fully saturated rings. The van der Waals surface area contributed by atoms with Crippen LogP contribution in [-0.2, 0) is 11.3 Å². The van der Waals surface area contributed by atoms with Crippen LogP contribution in [0.15, 0.2) is 72.3 Å². The van der Waals surface area contributed by atoms with Crippen molar-refractivity contribution >= 4 is 17.5 Å². The van der Waals surface area contributed by atoms with Gasteiger partial charge in [-0.2, -0.15) is 0 Å². The lowest BCUT2D eigenvalue weighted by atomic mass is 9.32. The number of ketones is 1. The number of ether oxygens (including phenoxy) is 2. The largest absolute Gasteiger partial charge is 0.573 e. The number of allylic oxidation sites excluding steroid dienone is 4. The Morgan fingerprint density at radius 3 is 2.18 bits per heavy atom. The highest BCUT2D eigenvalue weighted by molar-refractivity contribution is 6.00. The van der Waals surface area contributed by atoms with Crippen molar-refractivity contribution in [3.05, 3.63) is 77.9 Å². The predicted octanol–water partition coefficient (Wildman–Crippen LogP) is 9.37. The van der Waals surface area contributed by atoms with Crippen molar-refractivity contribution in [3.63, 3.8) is 0 Å². The van der Waals surface area contributed by atoms with Crippen molar-refractivity contribution in [3.8, 4) is 11.5 Å². The minimum Gasteiger partial charge on any atom is -0.497 e. The van der Waals surface area contributed by atoms with Crippen LogP contribution in [0.3, 0.4) is 0 Å². The molecule has 9 rings (SSSR count). The summed E-state index contributed by atoms with van der Waals surface area (Å²) in [6, 6.07) is 11.9. The Bertz CT molecular complexity index is 1890. The first-order valence-corrected chi connectivity index (χ1v) is 20.5. The van der Waals surface area contributed by atoms with E-state index in [-0.39, 0.29) is 47.8 Å². The molecule has 11 heteroatoms. The third-order valence-electron chi connectivity index (χ3n) is 15.6. The summed E-state index contributed by atoms with van der Waals surface area (Å²) in [5.41, 5.74) is -1.13. The number of rotatable bonds is 9. The summed E-state index contributed by atoms with van der Waals surface area (Å²) in [5, 5.41) is 27.1. The van der Waals surface area contributed by atoms with Crippen LogP contribution in [0.4, 0.5) is 23.7 Å². The van der Waals surface area contributed by atoms with Gasteiger partial charge in [0.2, 0.25) is 0 Å². The zero-order valence-electron chi connectivity index (χ0n) is 32.7. The maximum Gasteiger partial charge on any atom is 0.573 e. The van der Waals surface area contributed by atoms with E-state index in [1.165, 1.54) is 24.3 Å². The number of carbonyl (C=O) groups excluding carboxylic acids is 2. The predicted molar refractivity (Wildman–Crippen MR) is 206 cm³/mol. The number of carbonyl (C=O) groups is 2. The number of aliphatic hydroxyl groups excluding tert-OH is 1. The van der Waals surface area contributed by atoms with E-state index < -0.39 is 40.3 Å². The normalized spacial score (nSPS) is 36.1. The Hall–Kier alpha value is -3.83. The summed E-state index contributed by atoms with van der Waals surface area (Å²) < 4.78 is 48.2. The molecular formula is C45H55F3N2O6. The molecule has 2 bridgehead atoms. The topological polar surface area (TPSA) is 108 Å². The number of hydrogen-bond acceptors (Lipinski definition) is 6.